The lowest BCUT2D eigenvalue weighted by Gasteiger charge is -2.20. The second kappa shape index (κ2) is 47.5. The third kappa shape index (κ3) is 46.6. The Balaban J connectivity index is 3.85. The lowest BCUT2D eigenvalue weighted by molar-refractivity contribution is -0.154. The van der Waals surface area contributed by atoms with Crippen LogP contribution in [-0.4, -0.2) is 49.9 Å². The number of hydrogen-bond acceptors (Lipinski definition) is 7. The first-order valence-electron chi connectivity index (χ1n) is 25.5. The lowest BCUT2D eigenvalue weighted by Crippen LogP contribution is -2.28. The van der Waals surface area contributed by atoms with E-state index in [0.29, 0.717) is 13.0 Å². The molecule has 0 heterocycles. The van der Waals surface area contributed by atoms with Crippen LogP contribution in [0.25, 0.3) is 0 Å². The fourth-order valence-corrected chi connectivity index (χ4v) is 8.53. The van der Waals surface area contributed by atoms with Gasteiger partial charge < -0.3 is 20.1 Å². The highest BCUT2D eigenvalue weighted by Gasteiger charge is 2.25. The number of phosphoric acid groups is 1. The Morgan fingerprint density at radius 1 is 0.448 bits per heavy atom. The fraction of sp³-hybridized carbons (Fsp3) is 0.980. The number of phosphoric ester groups is 1. The molecule has 3 N–H and O–H groups in total. The summed E-state index contributed by atoms with van der Waals surface area (Å²) in [5.41, 5.74) is 5.39. The largest absolute Gasteiger partial charge is 0.472 e. The van der Waals surface area contributed by atoms with Crippen LogP contribution >= 0.6 is 7.82 Å². The van der Waals surface area contributed by atoms with Gasteiger partial charge in [0.05, 0.1) is 19.8 Å². The second-order valence-corrected chi connectivity index (χ2v) is 18.9. The molecule has 0 fully saturated rings. The van der Waals surface area contributed by atoms with E-state index in [1.165, 1.54) is 218 Å². The molecule has 0 aromatic rings. The molecule has 0 aromatic carbocycles. The van der Waals surface area contributed by atoms with Crippen molar-refractivity contribution in [1.29, 1.82) is 0 Å². The van der Waals surface area contributed by atoms with E-state index < -0.39 is 13.9 Å². The number of nitrogens with two attached hydrogens (primary N) is 1. The standard InChI is InChI=1S/C49H100NO7P/c1-3-5-7-9-11-13-15-17-19-20-21-22-23-24-25-26-27-28-30-32-34-36-38-40-42-49(51)57-48(47-56-58(52,53)55-45-43-50)46-54-44-41-39-37-35-33-31-29-18-16-14-12-10-8-6-4-2/h48H,3-47,50H2,1-2H3,(H,52,53). The van der Waals surface area contributed by atoms with Crippen LogP contribution in [0.15, 0.2) is 0 Å². The minimum Gasteiger partial charge on any atom is -0.457 e. The highest BCUT2D eigenvalue weighted by atomic mass is 31.2. The van der Waals surface area contributed by atoms with Gasteiger partial charge in [0.1, 0.15) is 6.10 Å². The van der Waals surface area contributed by atoms with Gasteiger partial charge >= 0.3 is 13.8 Å². The van der Waals surface area contributed by atoms with Gasteiger partial charge in [-0.15, -0.1) is 0 Å². The highest BCUT2D eigenvalue weighted by molar-refractivity contribution is 7.47. The molecule has 8 nitrogen and oxygen atoms in total. The van der Waals surface area contributed by atoms with Gasteiger partial charge in [0.25, 0.3) is 0 Å². The zero-order valence-corrected chi connectivity index (χ0v) is 39.7. The van der Waals surface area contributed by atoms with Crippen LogP contribution in [0.3, 0.4) is 0 Å². The molecule has 0 spiro atoms. The average molecular weight is 846 g/mol. The second-order valence-electron chi connectivity index (χ2n) is 17.4. The summed E-state index contributed by atoms with van der Waals surface area (Å²) in [6.07, 6.45) is 51.4. The van der Waals surface area contributed by atoms with Crippen LogP contribution in [0, 0.1) is 0 Å². The van der Waals surface area contributed by atoms with Crippen molar-refractivity contribution in [1.82, 2.24) is 0 Å². The van der Waals surface area contributed by atoms with Gasteiger partial charge in [-0.2, -0.15) is 0 Å². The number of hydrogen-bond donors (Lipinski definition) is 2. The van der Waals surface area contributed by atoms with E-state index in [0.717, 1.165) is 32.1 Å². The summed E-state index contributed by atoms with van der Waals surface area (Å²) in [7, 11) is -4.27. The van der Waals surface area contributed by atoms with Crippen molar-refractivity contribution in [2.45, 2.75) is 277 Å². The topological polar surface area (TPSA) is 117 Å². The van der Waals surface area contributed by atoms with Crippen LogP contribution in [-0.2, 0) is 27.9 Å². The molecule has 2 unspecified atom stereocenters. The van der Waals surface area contributed by atoms with E-state index in [-0.39, 0.29) is 32.3 Å². The van der Waals surface area contributed by atoms with E-state index >= 15 is 0 Å². The van der Waals surface area contributed by atoms with Crippen molar-refractivity contribution in [3.05, 3.63) is 0 Å². The Hall–Kier alpha value is -0.500. The van der Waals surface area contributed by atoms with E-state index in [1.807, 2.05) is 0 Å². The average Bonchev–Trinajstić information content (AvgIpc) is 3.21. The van der Waals surface area contributed by atoms with Crippen molar-refractivity contribution >= 4 is 13.8 Å². The molecule has 0 radical (unpaired) electrons. The third-order valence-electron chi connectivity index (χ3n) is 11.5. The molecule has 9 heteroatoms. The summed E-state index contributed by atoms with van der Waals surface area (Å²) in [4.78, 5) is 22.6. The predicted octanol–water partition coefficient (Wildman–Crippen LogP) is 15.7. The van der Waals surface area contributed by atoms with Crippen LogP contribution in [0.5, 0.6) is 0 Å². The van der Waals surface area contributed by atoms with Gasteiger partial charge in [-0.1, -0.05) is 251 Å². The number of carbonyl (C=O) groups excluding carboxylic acids is 1. The third-order valence-corrected chi connectivity index (χ3v) is 12.5. The molecule has 0 aliphatic heterocycles. The molecule has 2 atom stereocenters. The van der Waals surface area contributed by atoms with E-state index in [4.69, 9.17) is 24.3 Å². The van der Waals surface area contributed by atoms with Crippen LogP contribution < -0.4 is 5.73 Å². The summed E-state index contributed by atoms with van der Waals surface area (Å²) >= 11 is 0. The smallest absolute Gasteiger partial charge is 0.457 e. The minimum absolute atomic E-state index is 0.0898. The maximum absolute atomic E-state index is 12.6. The van der Waals surface area contributed by atoms with Gasteiger partial charge in [0.2, 0.25) is 0 Å². The molecule has 0 aromatic heterocycles. The quantitative estimate of drug-likeness (QED) is 0.0353. The Morgan fingerprint density at radius 2 is 0.759 bits per heavy atom. The van der Waals surface area contributed by atoms with E-state index in [2.05, 4.69) is 13.8 Å². The van der Waals surface area contributed by atoms with Crippen LogP contribution in [0.4, 0.5) is 0 Å². The molecule has 348 valence electrons. The van der Waals surface area contributed by atoms with Crippen molar-refractivity contribution in [2.75, 3.05) is 33.0 Å². The molecule has 0 saturated heterocycles. The van der Waals surface area contributed by atoms with Gasteiger partial charge in [-0.25, -0.2) is 4.57 Å². The molecule has 0 aliphatic carbocycles. The summed E-state index contributed by atoms with van der Waals surface area (Å²) in [6.45, 7) is 5.00. The zero-order chi connectivity index (χ0) is 42.3. The molecule has 58 heavy (non-hydrogen) atoms. The van der Waals surface area contributed by atoms with Crippen molar-refractivity contribution in [2.24, 2.45) is 5.73 Å². The first-order chi connectivity index (χ1) is 28.4. The van der Waals surface area contributed by atoms with Gasteiger partial charge in [0.15, 0.2) is 0 Å². The molecule has 0 saturated carbocycles. The van der Waals surface area contributed by atoms with Gasteiger partial charge in [-0.3, -0.25) is 13.8 Å². The monoisotopic (exact) mass is 846 g/mol. The summed E-state index contributed by atoms with van der Waals surface area (Å²) in [6, 6.07) is 0. The maximum Gasteiger partial charge on any atom is 0.472 e. The zero-order valence-electron chi connectivity index (χ0n) is 38.8. The van der Waals surface area contributed by atoms with E-state index in [1.54, 1.807) is 0 Å². The Morgan fingerprint density at radius 3 is 1.09 bits per heavy atom. The van der Waals surface area contributed by atoms with Crippen LogP contribution in [0.2, 0.25) is 0 Å². The van der Waals surface area contributed by atoms with E-state index in [9.17, 15) is 14.3 Å². The predicted molar refractivity (Wildman–Crippen MR) is 248 cm³/mol. The van der Waals surface area contributed by atoms with Crippen molar-refractivity contribution in [3.8, 4) is 0 Å². The normalized spacial score (nSPS) is 13.2. The Labute approximate surface area is 361 Å². The highest BCUT2D eigenvalue weighted by Crippen LogP contribution is 2.43. The van der Waals surface area contributed by atoms with Crippen molar-refractivity contribution in [3.63, 3.8) is 0 Å². The van der Waals surface area contributed by atoms with Gasteiger partial charge in [0, 0.05) is 19.6 Å². The minimum atomic E-state index is -4.27. The first kappa shape index (κ1) is 57.5. The number of unbranched alkanes of at least 4 members (excludes halogenated alkanes) is 37. The maximum atomic E-state index is 12.6. The summed E-state index contributed by atoms with van der Waals surface area (Å²) in [5, 5.41) is 0. The van der Waals surface area contributed by atoms with Crippen LogP contribution in [0.1, 0.15) is 271 Å². The fourth-order valence-electron chi connectivity index (χ4n) is 7.77. The SMILES string of the molecule is CCCCCCCCCCCCCCCCCCCCCCCCCCC(=O)OC(COCCCCCCCCCCCCCCCCC)COP(=O)(O)OCCN. The number of esters is 1. The molecular formula is C49H100NO7P. The Kier molecular flexibility index (Phi) is 47.1. The van der Waals surface area contributed by atoms with Crippen molar-refractivity contribution < 1.29 is 32.8 Å². The lowest BCUT2D eigenvalue weighted by atomic mass is 10.0. The molecule has 0 bridgehead atoms. The number of rotatable bonds is 50. The number of ether oxygens (including phenoxy) is 2. The molecule has 0 aliphatic rings. The first-order valence-corrected chi connectivity index (χ1v) is 27.0. The molecule has 0 amide bonds. The number of carbonyl (C=O) groups is 1. The molecule has 0 rings (SSSR count). The summed E-state index contributed by atoms with van der Waals surface area (Å²) < 4.78 is 33.6. The van der Waals surface area contributed by atoms with Gasteiger partial charge in [-0.05, 0) is 12.8 Å². The summed E-state index contributed by atoms with van der Waals surface area (Å²) in [5.74, 6) is -0.321. The molecular weight excluding hydrogens is 746 g/mol. The Bertz CT molecular complexity index is 863.